The lowest BCUT2D eigenvalue weighted by atomic mass is 10.2. The van der Waals surface area contributed by atoms with Gasteiger partial charge in [0.15, 0.2) is 0 Å². The van der Waals surface area contributed by atoms with E-state index in [0.29, 0.717) is 19.7 Å². The van der Waals surface area contributed by atoms with Crippen molar-refractivity contribution in [3.8, 4) is 0 Å². The molecule has 0 aliphatic heterocycles. The minimum absolute atomic E-state index is 0.0351. The van der Waals surface area contributed by atoms with Crippen molar-refractivity contribution in [1.29, 1.82) is 0 Å². The molecule has 0 aliphatic carbocycles. The van der Waals surface area contributed by atoms with E-state index in [1.165, 1.54) is 4.88 Å². The maximum atomic E-state index is 11.6. The highest BCUT2D eigenvalue weighted by atomic mass is 32.1. The molecule has 5 heteroatoms. The van der Waals surface area contributed by atoms with E-state index in [-0.39, 0.29) is 11.9 Å². The van der Waals surface area contributed by atoms with Gasteiger partial charge in [0.1, 0.15) is 0 Å². The molecule has 1 aromatic rings. The monoisotopic (exact) mass is 256 g/mol. The molecule has 17 heavy (non-hydrogen) atoms. The van der Waals surface area contributed by atoms with Crippen LogP contribution in [0.25, 0.3) is 0 Å². The van der Waals surface area contributed by atoms with E-state index in [0.717, 1.165) is 0 Å². The van der Waals surface area contributed by atoms with Crippen LogP contribution in [-0.2, 0) is 9.53 Å². The Hall–Kier alpha value is -0.910. The number of ether oxygens (including phenoxy) is 1. The van der Waals surface area contributed by atoms with Crippen LogP contribution in [-0.4, -0.2) is 44.7 Å². The molecule has 0 saturated carbocycles. The zero-order chi connectivity index (χ0) is 12.7. The normalized spacial score (nSPS) is 12.7. The second-order valence-electron chi connectivity index (χ2n) is 3.95. The molecule has 0 radical (unpaired) electrons. The Morgan fingerprint density at radius 1 is 1.65 bits per heavy atom. The molecule has 1 heterocycles. The number of hydrogen-bond donors (Lipinski definition) is 1. The maximum absolute atomic E-state index is 11.6. The van der Waals surface area contributed by atoms with Crippen LogP contribution in [0.4, 0.5) is 0 Å². The summed E-state index contributed by atoms with van der Waals surface area (Å²) in [7, 11) is 3.58. The molecular formula is C12H20N2O2S. The number of nitrogens with zero attached hydrogens (tertiary/aromatic N) is 1. The summed E-state index contributed by atoms with van der Waals surface area (Å²) in [5.41, 5.74) is 0. The lowest BCUT2D eigenvalue weighted by molar-refractivity contribution is -0.122. The Balaban J connectivity index is 2.33. The lowest BCUT2D eigenvalue weighted by Gasteiger charge is -2.23. The first-order chi connectivity index (χ1) is 8.15. The van der Waals surface area contributed by atoms with Crippen molar-refractivity contribution in [3.05, 3.63) is 22.4 Å². The lowest BCUT2D eigenvalue weighted by Crippen LogP contribution is -2.37. The Kier molecular flexibility index (Phi) is 6.18. The number of hydrogen-bond acceptors (Lipinski definition) is 4. The van der Waals surface area contributed by atoms with Gasteiger partial charge < -0.3 is 10.1 Å². The highest BCUT2D eigenvalue weighted by molar-refractivity contribution is 7.10. The van der Waals surface area contributed by atoms with Gasteiger partial charge in [0.05, 0.1) is 13.2 Å². The highest BCUT2D eigenvalue weighted by Crippen LogP contribution is 2.22. The molecule has 4 nitrogen and oxygen atoms in total. The van der Waals surface area contributed by atoms with Crippen molar-refractivity contribution in [3.63, 3.8) is 0 Å². The first kappa shape index (κ1) is 14.2. The zero-order valence-electron chi connectivity index (χ0n) is 10.6. The third kappa shape index (κ3) is 4.85. The van der Waals surface area contributed by atoms with Gasteiger partial charge >= 0.3 is 0 Å². The molecule has 1 atom stereocenters. The Morgan fingerprint density at radius 2 is 2.41 bits per heavy atom. The van der Waals surface area contributed by atoms with Crippen LogP contribution in [0.2, 0.25) is 0 Å². The van der Waals surface area contributed by atoms with Crippen molar-refractivity contribution < 1.29 is 9.53 Å². The van der Waals surface area contributed by atoms with Crippen LogP contribution in [0.15, 0.2) is 17.5 Å². The number of likely N-dealkylation sites (N-methyl/N-ethyl adjacent to an activating group) is 1. The summed E-state index contributed by atoms with van der Waals surface area (Å²) in [5, 5.41) is 4.87. The first-order valence-corrected chi connectivity index (χ1v) is 6.52. The van der Waals surface area contributed by atoms with E-state index < -0.39 is 0 Å². The molecule has 1 rings (SSSR count). The summed E-state index contributed by atoms with van der Waals surface area (Å²) in [6.07, 6.45) is 0. The fraction of sp³-hybridized carbons (Fsp3) is 0.583. The molecule has 1 aromatic heterocycles. The molecule has 0 bridgehead atoms. The SMILES string of the molecule is COCCNC(=O)CN(C)[C@H](C)c1cccs1. The minimum atomic E-state index is 0.0351. The number of rotatable bonds is 7. The number of thiophene rings is 1. The van der Waals surface area contributed by atoms with Crippen LogP contribution in [0.3, 0.4) is 0 Å². The maximum Gasteiger partial charge on any atom is 0.234 e. The Labute approximate surface area is 107 Å². The molecule has 0 aromatic carbocycles. The number of nitrogens with one attached hydrogen (secondary N) is 1. The predicted molar refractivity (Wildman–Crippen MR) is 70.2 cm³/mol. The number of amides is 1. The van der Waals surface area contributed by atoms with Crippen molar-refractivity contribution in [2.75, 3.05) is 33.9 Å². The van der Waals surface area contributed by atoms with E-state index in [9.17, 15) is 4.79 Å². The molecular weight excluding hydrogens is 236 g/mol. The summed E-state index contributed by atoms with van der Waals surface area (Å²) in [5.74, 6) is 0.0351. The first-order valence-electron chi connectivity index (χ1n) is 5.64. The fourth-order valence-electron chi connectivity index (χ4n) is 1.46. The van der Waals surface area contributed by atoms with Crippen LogP contribution in [0, 0.1) is 0 Å². The second-order valence-corrected chi connectivity index (χ2v) is 4.93. The molecule has 0 unspecified atom stereocenters. The predicted octanol–water partition coefficient (Wildman–Crippen LogP) is 1.50. The van der Waals surface area contributed by atoms with Gasteiger partial charge in [0, 0.05) is 24.6 Å². The zero-order valence-corrected chi connectivity index (χ0v) is 11.4. The van der Waals surface area contributed by atoms with E-state index in [1.807, 2.05) is 18.0 Å². The minimum Gasteiger partial charge on any atom is -0.383 e. The molecule has 0 spiro atoms. The van der Waals surface area contributed by atoms with E-state index >= 15 is 0 Å². The number of carbonyl (C=O) groups is 1. The molecule has 0 saturated heterocycles. The third-order valence-corrected chi connectivity index (χ3v) is 3.68. The Morgan fingerprint density at radius 3 is 3.00 bits per heavy atom. The van der Waals surface area contributed by atoms with Gasteiger partial charge in [-0.3, -0.25) is 9.69 Å². The third-order valence-electron chi connectivity index (χ3n) is 2.64. The summed E-state index contributed by atoms with van der Waals surface area (Å²) in [4.78, 5) is 14.9. The van der Waals surface area contributed by atoms with Gasteiger partial charge in [-0.1, -0.05) is 6.07 Å². The summed E-state index contributed by atoms with van der Waals surface area (Å²) >= 11 is 1.71. The number of methoxy groups -OCH3 is 1. The van der Waals surface area contributed by atoms with Crippen LogP contribution in [0.5, 0.6) is 0 Å². The van der Waals surface area contributed by atoms with Crippen LogP contribution >= 0.6 is 11.3 Å². The van der Waals surface area contributed by atoms with Crippen molar-refractivity contribution in [2.24, 2.45) is 0 Å². The molecule has 1 amide bonds. The van der Waals surface area contributed by atoms with Gasteiger partial charge in [-0.05, 0) is 25.4 Å². The number of carbonyl (C=O) groups excluding carboxylic acids is 1. The van der Waals surface area contributed by atoms with Crippen molar-refractivity contribution >= 4 is 17.2 Å². The van der Waals surface area contributed by atoms with Crippen LogP contribution in [0.1, 0.15) is 17.8 Å². The molecule has 0 aliphatic rings. The largest absolute Gasteiger partial charge is 0.383 e. The summed E-state index contributed by atoms with van der Waals surface area (Å²) < 4.78 is 4.88. The van der Waals surface area contributed by atoms with Crippen molar-refractivity contribution in [1.82, 2.24) is 10.2 Å². The average Bonchev–Trinajstić information content (AvgIpc) is 2.81. The van der Waals surface area contributed by atoms with Crippen LogP contribution < -0.4 is 5.32 Å². The fourth-order valence-corrected chi connectivity index (χ4v) is 2.31. The summed E-state index contributed by atoms with van der Waals surface area (Å²) in [6, 6.07) is 4.39. The molecule has 0 fully saturated rings. The smallest absolute Gasteiger partial charge is 0.234 e. The topological polar surface area (TPSA) is 41.6 Å². The quantitative estimate of drug-likeness (QED) is 0.752. The van der Waals surface area contributed by atoms with Gasteiger partial charge in [0.2, 0.25) is 5.91 Å². The standard InChI is InChI=1S/C12H20N2O2S/c1-10(11-5-4-8-17-11)14(2)9-12(15)13-6-7-16-3/h4-5,8,10H,6-7,9H2,1-3H3,(H,13,15)/t10-/m1/s1. The highest BCUT2D eigenvalue weighted by Gasteiger charge is 2.15. The van der Waals surface area contributed by atoms with Gasteiger partial charge in [-0.25, -0.2) is 0 Å². The van der Waals surface area contributed by atoms with Gasteiger partial charge in [-0.2, -0.15) is 0 Å². The second kappa shape index (κ2) is 7.42. The van der Waals surface area contributed by atoms with Crippen molar-refractivity contribution in [2.45, 2.75) is 13.0 Å². The van der Waals surface area contributed by atoms with E-state index in [4.69, 9.17) is 4.74 Å². The van der Waals surface area contributed by atoms with E-state index in [1.54, 1.807) is 18.4 Å². The Bertz CT molecular complexity index is 327. The summed E-state index contributed by atoms with van der Waals surface area (Å²) in [6.45, 7) is 3.63. The van der Waals surface area contributed by atoms with Gasteiger partial charge in [-0.15, -0.1) is 11.3 Å². The molecule has 96 valence electrons. The van der Waals surface area contributed by atoms with Gasteiger partial charge in [0.25, 0.3) is 0 Å². The van der Waals surface area contributed by atoms with E-state index in [2.05, 4.69) is 23.7 Å². The molecule has 1 N–H and O–H groups in total. The average molecular weight is 256 g/mol.